The van der Waals surface area contributed by atoms with E-state index in [4.69, 9.17) is 10.5 Å². The first-order valence-electron chi connectivity index (χ1n) is 6.46. The van der Waals surface area contributed by atoms with Gasteiger partial charge in [0, 0.05) is 12.1 Å². The van der Waals surface area contributed by atoms with Crippen molar-refractivity contribution < 1.29 is 22.7 Å². The topological polar surface area (TPSA) is 77.2 Å². The molecule has 0 spiro atoms. The lowest BCUT2D eigenvalue weighted by molar-refractivity contribution is -0.141. The molecule has 1 aromatic heterocycles. The van der Waals surface area contributed by atoms with Gasteiger partial charge in [-0.1, -0.05) is 12.2 Å². The second-order valence-electron chi connectivity index (χ2n) is 5.46. The molecule has 0 radical (unpaired) electrons. The Bertz CT molecular complexity index is 563. The Labute approximate surface area is 126 Å². The van der Waals surface area contributed by atoms with Gasteiger partial charge in [-0.15, -0.1) is 0 Å². The molecule has 0 saturated carbocycles. The predicted octanol–water partition coefficient (Wildman–Crippen LogP) is 3.22. The molecule has 8 heteroatoms. The van der Waals surface area contributed by atoms with E-state index in [1.165, 1.54) is 24.3 Å². The smallest absolute Gasteiger partial charge is 0.434 e. The van der Waals surface area contributed by atoms with Crippen molar-refractivity contribution in [2.75, 3.05) is 12.3 Å². The zero-order valence-corrected chi connectivity index (χ0v) is 12.5. The molecule has 0 saturated heterocycles. The maximum atomic E-state index is 12.8. The summed E-state index contributed by atoms with van der Waals surface area (Å²) < 4.78 is 43.4. The van der Waals surface area contributed by atoms with Crippen molar-refractivity contribution in [1.29, 1.82) is 0 Å². The van der Waals surface area contributed by atoms with Crippen molar-refractivity contribution in [2.45, 2.75) is 32.5 Å². The molecular formula is C14H18F3N3O2. The summed E-state index contributed by atoms with van der Waals surface area (Å²) in [6.45, 7) is 5.14. The third kappa shape index (κ3) is 6.02. The summed E-state index contributed by atoms with van der Waals surface area (Å²) in [5.41, 5.74) is 3.43. The maximum absolute atomic E-state index is 12.8. The first-order valence-corrected chi connectivity index (χ1v) is 6.46. The Morgan fingerprint density at radius 2 is 2.00 bits per heavy atom. The summed E-state index contributed by atoms with van der Waals surface area (Å²) >= 11 is 0. The lowest BCUT2D eigenvalue weighted by Gasteiger charge is -2.19. The molecule has 1 aromatic rings. The van der Waals surface area contributed by atoms with Gasteiger partial charge in [0.2, 0.25) is 0 Å². The number of hydrogen-bond donors (Lipinski definition) is 2. The van der Waals surface area contributed by atoms with Crippen molar-refractivity contribution in [2.24, 2.45) is 0 Å². The minimum Gasteiger partial charge on any atom is -0.444 e. The van der Waals surface area contributed by atoms with Crippen LogP contribution in [0.1, 0.15) is 32.0 Å². The van der Waals surface area contributed by atoms with E-state index < -0.39 is 23.6 Å². The van der Waals surface area contributed by atoms with Crippen molar-refractivity contribution in [1.82, 2.24) is 10.3 Å². The third-order valence-corrected chi connectivity index (χ3v) is 2.28. The van der Waals surface area contributed by atoms with Gasteiger partial charge in [-0.3, -0.25) is 0 Å². The Hall–Kier alpha value is -2.25. The number of alkyl carbamates (subject to hydrolysis) is 1. The first kappa shape index (κ1) is 17.8. The standard InChI is InChI=1S/C14H18F3N3O2/c1-13(2,3)22-12(21)19-8-4-5-9-6-7-10(18)20-11(9)14(15,16)17/h4-7H,8H2,1-3H3,(H2,18,20)(H,19,21). The number of hydrogen-bond acceptors (Lipinski definition) is 4. The van der Waals surface area contributed by atoms with Crippen LogP contribution in [-0.4, -0.2) is 23.2 Å². The minimum absolute atomic E-state index is 0.0244. The molecule has 3 N–H and O–H groups in total. The van der Waals surface area contributed by atoms with E-state index in [1.54, 1.807) is 20.8 Å². The lowest BCUT2D eigenvalue weighted by atomic mass is 10.1. The zero-order valence-electron chi connectivity index (χ0n) is 12.5. The number of nitrogen functional groups attached to an aromatic ring is 1. The fourth-order valence-electron chi connectivity index (χ4n) is 1.49. The normalized spacial score (nSPS) is 12.5. The van der Waals surface area contributed by atoms with Crippen molar-refractivity contribution in [3.8, 4) is 0 Å². The molecule has 0 aliphatic carbocycles. The van der Waals surface area contributed by atoms with E-state index in [9.17, 15) is 18.0 Å². The van der Waals surface area contributed by atoms with E-state index in [-0.39, 0.29) is 17.9 Å². The molecule has 22 heavy (non-hydrogen) atoms. The molecule has 1 amide bonds. The van der Waals surface area contributed by atoms with Gasteiger partial charge >= 0.3 is 12.3 Å². The summed E-state index contributed by atoms with van der Waals surface area (Å²) in [6.07, 6.45) is -2.67. The summed E-state index contributed by atoms with van der Waals surface area (Å²) in [6, 6.07) is 2.49. The Morgan fingerprint density at radius 1 is 1.36 bits per heavy atom. The van der Waals surface area contributed by atoms with Crippen LogP contribution in [0.3, 0.4) is 0 Å². The molecule has 122 valence electrons. The third-order valence-electron chi connectivity index (χ3n) is 2.28. The van der Waals surface area contributed by atoms with Crippen LogP contribution in [0.2, 0.25) is 0 Å². The van der Waals surface area contributed by atoms with Crippen molar-refractivity contribution in [3.63, 3.8) is 0 Å². The SMILES string of the molecule is CC(C)(C)OC(=O)NCC=Cc1ccc(N)nc1C(F)(F)F. The fourth-order valence-corrected chi connectivity index (χ4v) is 1.49. The number of rotatable bonds is 3. The summed E-state index contributed by atoms with van der Waals surface area (Å²) in [4.78, 5) is 14.7. The number of halogens is 3. The highest BCUT2D eigenvalue weighted by Gasteiger charge is 2.34. The van der Waals surface area contributed by atoms with Crippen LogP contribution in [0.4, 0.5) is 23.8 Å². The summed E-state index contributed by atoms with van der Waals surface area (Å²) in [5, 5.41) is 2.40. The van der Waals surface area contributed by atoms with Gasteiger partial charge in [0.1, 0.15) is 11.4 Å². The highest BCUT2D eigenvalue weighted by molar-refractivity contribution is 5.68. The van der Waals surface area contributed by atoms with Gasteiger partial charge in [-0.25, -0.2) is 9.78 Å². The molecule has 0 atom stereocenters. The monoisotopic (exact) mass is 317 g/mol. The fraction of sp³-hybridized carbons (Fsp3) is 0.429. The average molecular weight is 317 g/mol. The van der Waals surface area contributed by atoms with Crippen LogP contribution in [0.15, 0.2) is 18.2 Å². The van der Waals surface area contributed by atoms with E-state index in [1.807, 2.05) is 0 Å². The Morgan fingerprint density at radius 3 is 2.55 bits per heavy atom. The second-order valence-corrected chi connectivity index (χ2v) is 5.46. The number of nitrogens with two attached hydrogens (primary N) is 1. The molecular weight excluding hydrogens is 299 g/mol. The van der Waals surface area contributed by atoms with Crippen LogP contribution in [-0.2, 0) is 10.9 Å². The molecule has 5 nitrogen and oxygen atoms in total. The number of pyridine rings is 1. The molecule has 0 bridgehead atoms. The lowest BCUT2D eigenvalue weighted by Crippen LogP contribution is -2.32. The minimum atomic E-state index is -4.60. The quantitative estimate of drug-likeness (QED) is 0.897. The number of amides is 1. The highest BCUT2D eigenvalue weighted by Crippen LogP contribution is 2.31. The van der Waals surface area contributed by atoms with Gasteiger partial charge in [0.05, 0.1) is 0 Å². The van der Waals surface area contributed by atoms with Gasteiger partial charge in [0.15, 0.2) is 5.69 Å². The number of carbonyl (C=O) groups excluding carboxylic acids is 1. The van der Waals surface area contributed by atoms with Crippen LogP contribution >= 0.6 is 0 Å². The average Bonchev–Trinajstić information content (AvgIpc) is 2.32. The Kier molecular flexibility index (Phi) is 5.40. The number of anilines is 1. The maximum Gasteiger partial charge on any atom is 0.434 e. The molecule has 0 fully saturated rings. The number of carbonyl (C=O) groups is 1. The van der Waals surface area contributed by atoms with Gasteiger partial charge in [-0.05, 0) is 32.9 Å². The van der Waals surface area contributed by atoms with E-state index in [0.717, 1.165) is 0 Å². The molecule has 1 heterocycles. The number of nitrogens with zero attached hydrogens (tertiary/aromatic N) is 1. The molecule has 0 aliphatic heterocycles. The van der Waals surface area contributed by atoms with Crippen molar-refractivity contribution in [3.05, 3.63) is 29.5 Å². The van der Waals surface area contributed by atoms with Crippen LogP contribution in [0, 0.1) is 0 Å². The summed E-state index contributed by atoms with van der Waals surface area (Å²) in [7, 11) is 0. The number of alkyl halides is 3. The van der Waals surface area contributed by atoms with E-state index in [0.29, 0.717) is 0 Å². The van der Waals surface area contributed by atoms with Crippen molar-refractivity contribution >= 4 is 18.0 Å². The van der Waals surface area contributed by atoms with Crippen LogP contribution < -0.4 is 11.1 Å². The second kappa shape index (κ2) is 6.67. The number of nitrogens with one attached hydrogen (secondary N) is 1. The van der Waals surface area contributed by atoms with E-state index in [2.05, 4.69) is 10.3 Å². The highest BCUT2D eigenvalue weighted by atomic mass is 19.4. The molecule has 0 aromatic carbocycles. The van der Waals surface area contributed by atoms with E-state index >= 15 is 0 Å². The zero-order chi connectivity index (χ0) is 17.0. The van der Waals surface area contributed by atoms with Crippen LogP contribution in [0.5, 0.6) is 0 Å². The summed E-state index contributed by atoms with van der Waals surface area (Å²) in [5.74, 6) is -0.212. The predicted molar refractivity (Wildman–Crippen MR) is 76.9 cm³/mol. The molecule has 1 rings (SSSR count). The van der Waals surface area contributed by atoms with Crippen LogP contribution in [0.25, 0.3) is 6.08 Å². The number of ether oxygens (including phenoxy) is 1. The molecule has 0 unspecified atom stereocenters. The largest absolute Gasteiger partial charge is 0.444 e. The van der Waals surface area contributed by atoms with Gasteiger partial charge < -0.3 is 15.8 Å². The van der Waals surface area contributed by atoms with Gasteiger partial charge in [0.25, 0.3) is 0 Å². The Balaban J connectivity index is 2.70. The first-order chi connectivity index (χ1) is 9.99. The number of aromatic nitrogens is 1. The molecule has 0 aliphatic rings. The van der Waals surface area contributed by atoms with Gasteiger partial charge in [-0.2, -0.15) is 13.2 Å².